The number of hydrogen-bond donors (Lipinski definition) is 3. The van der Waals surface area contributed by atoms with Crippen LogP contribution < -0.4 is 5.32 Å². The van der Waals surface area contributed by atoms with Crippen molar-refractivity contribution in [3.05, 3.63) is 0 Å². The molecule has 3 N–H and O–H groups in total. The summed E-state index contributed by atoms with van der Waals surface area (Å²) >= 11 is 0. The van der Waals surface area contributed by atoms with Crippen LogP contribution in [0.3, 0.4) is 0 Å². The number of aliphatic hydroxyl groups is 2. The molecule has 0 saturated heterocycles. The van der Waals surface area contributed by atoms with Crippen LogP contribution >= 0.6 is 0 Å². The SMILES string of the molecule is CCCCCCCCCCCCCCCCCCCC(O)C(CO)NC(=O)CC(CCCCCCCCC)OC(=O)CCCCCCCCCCCCCCCCC. The summed E-state index contributed by atoms with van der Waals surface area (Å²) in [4.78, 5) is 26.0. The Morgan fingerprint density at radius 1 is 0.431 bits per heavy atom. The number of nitrogens with one attached hydrogen (secondary N) is 1. The van der Waals surface area contributed by atoms with Gasteiger partial charge in [0.1, 0.15) is 6.10 Å². The molecule has 6 nitrogen and oxygen atoms in total. The van der Waals surface area contributed by atoms with Crippen molar-refractivity contribution >= 4 is 11.9 Å². The fourth-order valence-electron chi connectivity index (χ4n) is 8.43. The maximum atomic E-state index is 13.1. The molecule has 0 aromatic carbocycles. The maximum absolute atomic E-state index is 13.1. The fraction of sp³-hybridized carbons (Fsp3) is 0.962. The van der Waals surface area contributed by atoms with Crippen molar-refractivity contribution in [2.45, 2.75) is 315 Å². The zero-order chi connectivity index (χ0) is 42.4. The van der Waals surface area contributed by atoms with Gasteiger partial charge in [0.2, 0.25) is 5.91 Å². The quantitative estimate of drug-likeness (QED) is 0.0420. The van der Waals surface area contributed by atoms with Crippen molar-refractivity contribution in [1.29, 1.82) is 0 Å². The molecule has 58 heavy (non-hydrogen) atoms. The Morgan fingerprint density at radius 2 is 0.724 bits per heavy atom. The average molecular weight is 822 g/mol. The van der Waals surface area contributed by atoms with E-state index in [0.29, 0.717) is 19.3 Å². The molecule has 346 valence electrons. The van der Waals surface area contributed by atoms with E-state index in [9.17, 15) is 19.8 Å². The van der Waals surface area contributed by atoms with E-state index in [1.165, 1.54) is 212 Å². The third-order valence-corrected chi connectivity index (χ3v) is 12.4. The van der Waals surface area contributed by atoms with Gasteiger partial charge >= 0.3 is 5.97 Å². The minimum Gasteiger partial charge on any atom is -0.462 e. The van der Waals surface area contributed by atoms with Crippen LogP contribution in [-0.4, -0.2) is 46.9 Å². The molecule has 0 rings (SSSR count). The second kappa shape index (κ2) is 46.9. The normalized spacial score (nSPS) is 13.1. The first-order valence-corrected chi connectivity index (χ1v) is 26.3. The summed E-state index contributed by atoms with van der Waals surface area (Å²) in [5, 5.41) is 23.7. The third-order valence-electron chi connectivity index (χ3n) is 12.4. The minimum atomic E-state index is -0.778. The van der Waals surface area contributed by atoms with Gasteiger partial charge in [-0.25, -0.2) is 0 Å². The number of carbonyl (C=O) groups is 2. The van der Waals surface area contributed by atoms with Gasteiger partial charge in [0, 0.05) is 6.42 Å². The van der Waals surface area contributed by atoms with Crippen LogP contribution in [0, 0.1) is 0 Å². The van der Waals surface area contributed by atoms with Gasteiger partial charge in [0.05, 0.1) is 25.2 Å². The van der Waals surface area contributed by atoms with E-state index in [0.717, 1.165) is 38.5 Å². The van der Waals surface area contributed by atoms with E-state index in [-0.39, 0.29) is 24.9 Å². The molecule has 6 heteroatoms. The zero-order valence-electron chi connectivity index (χ0n) is 39.5. The number of ether oxygens (including phenoxy) is 1. The predicted molar refractivity (Wildman–Crippen MR) is 250 cm³/mol. The van der Waals surface area contributed by atoms with Gasteiger partial charge in [-0.3, -0.25) is 9.59 Å². The summed E-state index contributed by atoms with van der Waals surface area (Å²) in [7, 11) is 0. The van der Waals surface area contributed by atoms with E-state index >= 15 is 0 Å². The number of esters is 1. The summed E-state index contributed by atoms with van der Waals surface area (Å²) in [6.07, 6.45) is 50.4. The van der Waals surface area contributed by atoms with E-state index in [4.69, 9.17) is 4.74 Å². The Hall–Kier alpha value is -1.14. The smallest absolute Gasteiger partial charge is 0.306 e. The Bertz CT molecular complexity index is 837. The van der Waals surface area contributed by atoms with Crippen molar-refractivity contribution in [2.75, 3.05) is 6.61 Å². The topological polar surface area (TPSA) is 95.9 Å². The second-order valence-electron chi connectivity index (χ2n) is 18.3. The molecule has 0 fully saturated rings. The minimum absolute atomic E-state index is 0.0861. The van der Waals surface area contributed by atoms with E-state index in [1.54, 1.807) is 0 Å². The van der Waals surface area contributed by atoms with Crippen LogP contribution in [0.4, 0.5) is 0 Å². The summed E-state index contributed by atoms with van der Waals surface area (Å²) in [6.45, 7) is 6.49. The molecule has 0 aliphatic rings. The Balaban J connectivity index is 4.28. The van der Waals surface area contributed by atoms with Crippen LogP contribution in [0.25, 0.3) is 0 Å². The highest BCUT2D eigenvalue weighted by Gasteiger charge is 2.24. The fourth-order valence-corrected chi connectivity index (χ4v) is 8.43. The highest BCUT2D eigenvalue weighted by molar-refractivity contribution is 5.77. The van der Waals surface area contributed by atoms with Gasteiger partial charge < -0.3 is 20.3 Å². The Labute approximate surface area is 362 Å². The molecule has 3 atom stereocenters. The summed E-state index contributed by atoms with van der Waals surface area (Å²) in [6, 6.07) is -0.691. The van der Waals surface area contributed by atoms with Crippen molar-refractivity contribution in [3.63, 3.8) is 0 Å². The summed E-state index contributed by atoms with van der Waals surface area (Å²) in [5.74, 6) is -0.457. The van der Waals surface area contributed by atoms with Gasteiger partial charge in [-0.1, -0.05) is 258 Å². The molecular weight excluding hydrogens is 719 g/mol. The second-order valence-corrected chi connectivity index (χ2v) is 18.3. The number of amides is 1. The van der Waals surface area contributed by atoms with Crippen molar-refractivity contribution in [3.8, 4) is 0 Å². The van der Waals surface area contributed by atoms with Crippen LogP contribution in [0.15, 0.2) is 0 Å². The first-order chi connectivity index (χ1) is 28.5. The number of rotatable bonds is 48. The zero-order valence-corrected chi connectivity index (χ0v) is 39.5. The van der Waals surface area contributed by atoms with Gasteiger partial charge in [0.25, 0.3) is 0 Å². The standard InChI is InChI=1S/C52H103NO5/c1-4-7-10-13-16-18-20-22-24-25-27-28-30-32-35-38-41-44-50(55)49(47-54)53-51(56)46-48(43-40-37-34-15-12-9-6-3)58-52(57)45-42-39-36-33-31-29-26-23-21-19-17-14-11-8-5-2/h48-50,54-55H,4-47H2,1-3H3,(H,53,56). The number of carbonyl (C=O) groups excluding carboxylic acids is 2. The van der Waals surface area contributed by atoms with Crippen LogP contribution in [0.2, 0.25) is 0 Å². The lowest BCUT2D eigenvalue weighted by Gasteiger charge is -2.24. The van der Waals surface area contributed by atoms with E-state index in [1.807, 2.05) is 0 Å². The number of aliphatic hydroxyl groups excluding tert-OH is 2. The van der Waals surface area contributed by atoms with E-state index in [2.05, 4.69) is 26.1 Å². The number of unbranched alkanes of at least 4 members (excludes halogenated alkanes) is 36. The average Bonchev–Trinajstić information content (AvgIpc) is 3.21. The summed E-state index contributed by atoms with van der Waals surface area (Å²) in [5.41, 5.74) is 0. The lowest BCUT2D eigenvalue weighted by atomic mass is 10.0. The van der Waals surface area contributed by atoms with Crippen LogP contribution in [-0.2, 0) is 14.3 Å². The maximum Gasteiger partial charge on any atom is 0.306 e. The van der Waals surface area contributed by atoms with Gasteiger partial charge in [0.15, 0.2) is 0 Å². The largest absolute Gasteiger partial charge is 0.462 e. The Morgan fingerprint density at radius 3 is 1.05 bits per heavy atom. The lowest BCUT2D eigenvalue weighted by molar-refractivity contribution is -0.151. The molecule has 0 aliphatic heterocycles. The molecule has 0 spiro atoms. The first-order valence-electron chi connectivity index (χ1n) is 26.3. The molecule has 0 saturated carbocycles. The highest BCUT2D eigenvalue weighted by atomic mass is 16.5. The molecule has 3 unspecified atom stereocenters. The number of hydrogen-bond acceptors (Lipinski definition) is 5. The molecular formula is C52H103NO5. The monoisotopic (exact) mass is 822 g/mol. The molecule has 0 aliphatic carbocycles. The molecule has 1 amide bonds. The van der Waals surface area contributed by atoms with Crippen molar-refractivity contribution in [2.24, 2.45) is 0 Å². The first kappa shape index (κ1) is 56.9. The summed E-state index contributed by atoms with van der Waals surface area (Å²) < 4.78 is 5.90. The molecule has 0 bridgehead atoms. The lowest BCUT2D eigenvalue weighted by Crippen LogP contribution is -2.46. The molecule has 0 radical (unpaired) electrons. The third kappa shape index (κ3) is 41.6. The van der Waals surface area contributed by atoms with Crippen LogP contribution in [0.5, 0.6) is 0 Å². The molecule has 0 heterocycles. The molecule has 0 aromatic heterocycles. The Kier molecular flexibility index (Phi) is 46.0. The molecule has 0 aromatic rings. The van der Waals surface area contributed by atoms with Gasteiger partial charge in [-0.05, 0) is 25.7 Å². The van der Waals surface area contributed by atoms with Gasteiger partial charge in [-0.2, -0.15) is 0 Å². The van der Waals surface area contributed by atoms with Crippen LogP contribution in [0.1, 0.15) is 297 Å². The predicted octanol–water partition coefficient (Wildman–Crippen LogP) is 15.6. The highest BCUT2D eigenvalue weighted by Crippen LogP contribution is 2.19. The van der Waals surface area contributed by atoms with Crippen molar-refractivity contribution in [1.82, 2.24) is 5.32 Å². The van der Waals surface area contributed by atoms with Crippen molar-refractivity contribution < 1.29 is 24.5 Å². The van der Waals surface area contributed by atoms with Gasteiger partial charge in [-0.15, -0.1) is 0 Å². The van der Waals surface area contributed by atoms with E-state index < -0.39 is 18.2 Å².